The van der Waals surface area contributed by atoms with Crippen LogP contribution in [0, 0.1) is 71.0 Å². The number of carbonyl (C=O) groups excluding carboxylic acids is 3. The third kappa shape index (κ3) is 26.6. The van der Waals surface area contributed by atoms with Crippen molar-refractivity contribution in [2.24, 2.45) is 71.0 Å². The van der Waals surface area contributed by atoms with Crippen LogP contribution in [0.1, 0.15) is 102 Å². The van der Waals surface area contributed by atoms with Crippen LogP contribution in [0.5, 0.6) is 0 Å². The fraction of sp³-hybridized carbons (Fsp3) is 0.923. The Balaban J connectivity index is -0.000000679. The maximum atomic E-state index is 11.9. The van der Waals surface area contributed by atoms with E-state index in [1.165, 1.54) is 0 Å². The lowest BCUT2D eigenvalue weighted by atomic mass is 9.86. The zero-order valence-corrected chi connectivity index (χ0v) is 34.0. The molecule has 0 bridgehead atoms. The highest BCUT2D eigenvalue weighted by Gasteiger charge is 2.28. The molecule has 0 radical (unpaired) electrons. The largest absolute Gasteiger partial charge is 0.465 e. The molecule has 0 saturated carbocycles. The number of rotatable bonds is 24. The lowest BCUT2D eigenvalue weighted by molar-refractivity contribution is -0.154. The van der Waals surface area contributed by atoms with Gasteiger partial charge in [0, 0.05) is 17.8 Å². The van der Waals surface area contributed by atoms with E-state index < -0.39 is 0 Å². The Morgan fingerprint density at radius 3 is 0.980 bits per heavy atom. The molecule has 12 heteroatoms. The molecule has 0 aliphatic heterocycles. The van der Waals surface area contributed by atoms with E-state index in [1.807, 2.05) is 55.4 Å². The molecule has 0 aromatic rings. The summed E-state index contributed by atoms with van der Waals surface area (Å²) >= 11 is 0. The van der Waals surface area contributed by atoms with Crippen LogP contribution in [0.25, 0.3) is 0 Å². The molecule has 0 aromatic heterocycles. The van der Waals surface area contributed by atoms with E-state index in [0.717, 1.165) is 19.3 Å². The third-order valence-corrected chi connectivity index (χ3v) is 8.64. The minimum absolute atomic E-state index is 0.0851. The SMILES string of the molecule is CC(C)C(C(=O)OCC(CO)CO)C(C)C.CC(C)CC(C(=O)OCC(CO)CO)C(C)C.CC(C)CCC(C(=O)OCC(CO)CO)C(C)C. The van der Waals surface area contributed by atoms with Gasteiger partial charge in [0.15, 0.2) is 0 Å². The zero-order valence-electron chi connectivity index (χ0n) is 34.0. The molecular formula is C39H78O12. The van der Waals surface area contributed by atoms with Crippen molar-refractivity contribution in [1.82, 2.24) is 0 Å². The standard InChI is InChI=1S/C14H28O4.C13H26O4.C12H24O4/c1-10(2)5-6-13(11(3)4)14(17)18-9-12(7-15)8-16;1-9(2)5-12(10(3)4)13(16)17-8-11(6-14)7-15;1-8(2)11(9(3)4)12(15)16-7-10(5-13)6-14/h10-13,15-16H,5-9H2,1-4H3;9-12,14-15H,5-8H2,1-4H3;8-11,13-14H,5-7H2,1-4H3. The lowest BCUT2D eigenvalue weighted by Crippen LogP contribution is -2.30. The van der Waals surface area contributed by atoms with Gasteiger partial charge in [-0.3, -0.25) is 14.4 Å². The highest BCUT2D eigenvalue weighted by molar-refractivity contribution is 5.73. The molecule has 0 rings (SSSR count). The summed E-state index contributed by atoms with van der Waals surface area (Å²) in [6.07, 6.45) is 2.64. The molecule has 0 aromatic carbocycles. The number of hydrogen-bond donors (Lipinski definition) is 6. The molecule has 0 saturated heterocycles. The Kier molecular flexibility index (Phi) is 33.2. The molecule has 12 nitrogen and oxygen atoms in total. The first-order chi connectivity index (χ1) is 23.8. The fourth-order valence-corrected chi connectivity index (χ4v) is 5.10. The first-order valence-corrected chi connectivity index (χ1v) is 18.9. The van der Waals surface area contributed by atoms with Crippen molar-refractivity contribution in [2.45, 2.75) is 102 Å². The van der Waals surface area contributed by atoms with E-state index in [-0.39, 0.29) is 137 Å². The zero-order chi connectivity index (χ0) is 40.3. The van der Waals surface area contributed by atoms with Gasteiger partial charge in [0.1, 0.15) is 0 Å². The van der Waals surface area contributed by atoms with Crippen LogP contribution in [-0.2, 0) is 28.6 Å². The van der Waals surface area contributed by atoms with Crippen LogP contribution in [-0.4, -0.2) is 108 Å². The molecule has 0 heterocycles. The van der Waals surface area contributed by atoms with Crippen LogP contribution < -0.4 is 0 Å². The van der Waals surface area contributed by atoms with E-state index in [2.05, 4.69) is 27.7 Å². The highest BCUT2D eigenvalue weighted by Crippen LogP contribution is 2.24. The van der Waals surface area contributed by atoms with E-state index in [0.29, 0.717) is 11.8 Å². The van der Waals surface area contributed by atoms with Crippen molar-refractivity contribution >= 4 is 17.9 Å². The topological polar surface area (TPSA) is 200 Å². The first-order valence-electron chi connectivity index (χ1n) is 18.9. The molecule has 2 atom stereocenters. The molecule has 0 amide bonds. The van der Waals surface area contributed by atoms with Crippen LogP contribution in [0.15, 0.2) is 0 Å². The summed E-state index contributed by atoms with van der Waals surface area (Å²) in [5, 5.41) is 53.3. The average molecular weight is 739 g/mol. The number of aliphatic hydroxyl groups excluding tert-OH is 6. The van der Waals surface area contributed by atoms with Gasteiger partial charge in [0.05, 0.1) is 77.2 Å². The Bertz CT molecular complexity index is 839. The minimum atomic E-state index is -0.371. The molecule has 51 heavy (non-hydrogen) atoms. The normalized spacial score (nSPS) is 12.9. The van der Waals surface area contributed by atoms with Gasteiger partial charge in [0.2, 0.25) is 0 Å². The van der Waals surface area contributed by atoms with Crippen LogP contribution >= 0.6 is 0 Å². The Labute approximate surface area is 309 Å². The Morgan fingerprint density at radius 2 is 0.725 bits per heavy atom. The van der Waals surface area contributed by atoms with E-state index >= 15 is 0 Å². The monoisotopic (exact) mass is 739 g/mol. The second-order valence-electron chi connectivity index (χ2n) is 15.9. The Morgan fingerprint density at radius 1 is 0.412 bits per heavy atom. The smallest absolute Gasteiger partial charge is 0.309 e. The van der Waals surface area contributed by atoms with Gasteiger partial charge in [-0.15, -0.1) is 0 Å². The average Bonchev–Trinajstić information content (AvgIpc) is 3.04. The second kappa shape index (κ2) is 31.7. The summed E-state index contributed by atoms with van der Waals surface area (Å²) in [5.74, 6) is -0.135. The van der Waals surface area contributed by atoms with Gasteiger partial charge < -0.3 is 44.8 Å². The second-order valence-corrected chi connectivity index (χ2v) is 15.9. The van der Waals surface area contributed by atoms with Crippen LogP contribution in [0.3, 0.4) is 0 Å². The predicted molar refractivity (Wildman–Crippen MR) is 199 cm³/mol. The highest BCUT2D eigenvalue weighted by atomic mass is 16.5. The quantitative estimate of drug-likeness (QED) is 0.0606. The maximum Gasteiger partial charge on any atom is 0.309 e. The number of ether oxygens (including phenoxy) is 3. The molecular weight excluding hydrogens is 660 g/mol. The molecule has 0 fully saturated rings. The van der Waals surface area contributed by atoms with Gasteiger partial charge in [-0.25, -0.2) is 0 Å². The third-order valence-electron chi connectivity index (χ3n) is 8.64. The fourth-order valence-electron chi connectivity index (χ4n) is 5.10. The number of hydrogen-bond acceptors (Lipinski definition) is 12. The maximum absolute atomic E-state index is 11.9. The van der Waals surface area contributed by atoms with Crippen LogP contribution in [0.2, 0.25) is 0 Å². The Hall–Kier alpha value is -1.83. The van der Waals surface area contributed by atoms with Gasteiger partial charge in [-0.05, 0) is 48.3 Å². The van der Waals surface area contributed by atoms with Gasteiger partial charge in [-0.2, -0.15) is 0 Å². The van der Waals surface area contributed by atoms with E-state index in [4.69, 9.17) is 44.8 Å². The molecule has 306 valence electrons. The van der Waals surface area contributed by atoms with Crippen molar-refractivity contribution in [3.63, 3.8) is 0 Å². The summed E-state index contributed by atoms with van der Waals surface area (Å²) in [5.41, 5.74) is 0. The van der Waals surface area contributed by atoms with Crippen LogP contribution in [0.4, 0.5) is 0 Å². The van der Waals surface area contributed by atoms with E-state index in [1.54, 1.807) is 0 Å². The van der Waals surface area contributed by atoms with Crippen molar-refractivity contribution in [3.8, 4) is 0 Å². The summed E-state index contributed by atoms with van der Waals surface area (Å²) in [7, 11) is 0. The summed E-state index contributed by atoms with van der Waals surface area (Å²) in [6.45, 7) is 23.7. The van der Waals surface area contributed by atoms with Crippen molar-refractivity contribution in [2.75, 3.05) is 59.5 Å². The number of esters is 3. The summed E-state index contributed by atoms with van der Waals surface area (Å²) in [6, 6.07) is 0. The van der Waals surface area contributed by atoms with Crippen molar-refractivity contribution in [3.05, 3.63) is 0 Å². The molecule has 2 unspecified atom stereocenters. The molecule has 0 aliphatic rings. The van der Waals surface area contributed by atoms with Crippen molar-refractivity contribution < 1.29 is 59.2 Å². The van der Waals surface area contributed by atoms with Gasteiger partial charge >= 0.3 is 17.9 Å². The molecule has 6 N–H and O–H groups in total. The lowest BCUT2D eigenvalue weighted by Gasteiger charge is -2.23. The van der Waals surface area contributed by atoms with Gasteiger partial charge in [-0.1, -0.05) is 89.5 Å². The number of aliphatic hydroxyl groups is 6. The predicted octanol–water partition coefficient (Wildman–Crippen LogP) is 4.35. The van der Waals surface area contributed by atoms with Gasteiger partial charge in [0.25, 0.3) is 0 Å². The van der Waals surface area contributed by atoms with Crippen molar-refractivity contribution in [1.29, 1.82) is 0 Å². The molecule has 0 spiro atoms. The van der Waals surface area contributed by atoms with E-state index in [9.17, 15) is 14.4 Å². The summed E-state index contributed by atoms with van der Waals surface area (Å²) < 4.78 is 15.4. The minimum Gasteiger partial charge on any atom is -0.465 e. The first kappa shape index (κ1) is 53.5. The summed E-state index contributed by atoms with van der Waals surface area (Å²) in [4.78, 5) is 35.6. The molecule has 0 aliphatic carbocycles. The number of carbonyl (C=O) groups is 3.